The van der Waals surface area contributed by atoms with E-state index in [1.54, 1.807) is 66.7 Å². The van der Waals surface area contributed by atoms with Crippen molar-refractivity contribution >= 4 is 22.7 Å². The molecular formula is C30H27NO8. The Labute approximate surface area is 224 Å². The van der Waals surface area contributed by atoms with E-state index in [0.717, 1.165) is 0 Å². The molecule has 0 spiro atoms. The number of ether oxygens (including phenoxy) is 4. The Balaban J connectivity index is 1.60. The molecule has 1 aliphatic heterocycles. The number of nitrogens with zero attached hydrogens (tertiary/aromatic N) is 1. The number of aliphatic hydroxyl groups is 1. The molecule has 0 bridgehead atoms. The van der Waals surface area contributed by atoms with Crippen molar-refractivity contribution in [3.8, 4) is 23.0 Å². The lowest BCUT2D eigenvalue weighted by Gasteiger charge is -2.27. The lowest BCUT2D eigenvalue weighted by Crippen LogP contribution is -2.30. The average Bonchev–Trinajstić information content (AvgIpc) is 3.52. The minimum atomic E-state index is -0.914. The van der Waals surface area contributed by atoms with E-state index in [-0.39, 0.29) is 17.9 Å². The molecule has 1 N–H and O–H groups in total. The van der Waals surface area contributed by atoms with Crippen LogP contribution >= 0.6 is 0 Å². The monoisotopic (exact) mass is 529 g/mol. The second-order valence-electron chi connectivity index (χ2n) is 8.88. The van der Waals surface area contributed by atoms with Crippen LogP contribution in [0.5, 0.6) is 23.0 Å². The number of furan rings is 1. The van der Waals surface area contributed by atoms with E-state index in [0.29, 0.717) is 45.1 Å². The molecule has 1 atom stereocenters. The van der Waals surface area contributed by atoms with E-state index < -0.39 is 23.5 Å². The number of carbonyl (C=O) groups excluding carboxylic acids is 2. The summed E-state index contributed by atoms with van der Waals surface area (Å²) in [6.07, 6.45) is 0. The second-order valence-corrected chi connectivity index (χ2v) is 8.88. The fourth-order valence-electron chi connectivity index (χ4n) is 4.82. The van der Waals surface area contributed by atoms with E-state index >= 15 is 0 Å². The Morgan fingerprint density at radius 2 is 1.62 bits per heavy atom. The van der Waals surface area contributed by atoms with Gasteiger partial charge in [-0.3, -0.25) is 9.59 Å². The molecule has 0 saturated heterocycles. The molecule has 1 aliphatic rings. The molecule has 39 heavy (non-hydrogen) atoms. The third kappa shape index (κ3) is 4.52. The van der Waals surface area contributed by atoms with Gasteiger partial charge in [-0.25, -0.2) is 0 Å². The van der Waals surface area contributed by atoms with Gasteiger partial charge in [0.05, 0.1) is 40.1 Å². The highest BCUT2D eigenvalue weighted by Crippen LogP contribution is 2.42. The summed E-state index contributed by atoms with van der Waals surface area (Å²) in [5.41, 5.74) is 1.60. The second kappa shape index (κ2) is 10.4. The zero-order valence-corrected chi connectivity index (χ0v) is 21.9. The molecule has 0 saturated carbocycles. The summed E-state index contributed by atoms with van der Waals surface area (Å²) in [5, 5.41) is 11.7. The van der Waals surface area contributed by atoms with Crippen molar-refractivity contribution in [1.29, 1.82) is 0 Å². The highest BCUT2D eigenvalue weighted by molar-refractivity contribution is 6.16. The van der Waals surface area contributed by atoms with E-state index in [9.17, 15) is 14.7 Å². The van der Waals surface area contributed by atoms with Crippen molar-refractivity contribution in [2.24, 2.45) is 0 Å². The number of hydrogen-bond acceptors (Lipinski definition) is 8. The Morgan fingerprint density at radius 1 is 0.872 bits per heavy atom. The summed E-state index contributed by atoms with van der Waals surface area (Å²) in [5.74, 6) is 0.0749. The number of fused-ring (bicyclic) bond motifs is 1. The first-order valence-electron chi connectivity index (χ1n) is 12.1. The Hall–Kier alpha value is -4.92. The number of amides is 1. The fraction of sp³-hybridized carbons (Fsp3) is 0.200. The van der Waals surface area contributed by atoms with Crippen LogP contribution in [-0.4, -0.2) is 50.1 Å². The molecule has 1 unspecified atom stereocenters. The lowest BCUT2D eigenvalue weighted by atomic mass is 9.94. The number of methoxy groups -OCH3 is 4. The lowest BCUT2D eigenvalue weighted by molar-refractivity contribution is -0.130. The van der Waals surface area contributed by atoms with Crippen LogP contribution in [0.2, 0.25) is 0 Å². The van der Waals surface area contributed by atoms with Crippen LogP contribution in [0.1, 0.15) is 27.7 Å². The predicted molar refractivity (Wildman–Crippen MR) is 143 cm³/mol. The maximum absolute atomic E-state index is 13.9. The number of para-hydroxylation sites is 1. The minimum Gasteiger partial charge on any atom is -0.503 e. The molecule has 3 aromatic carbocycles. The van der Waals surface area contributed by atoms with E-state index in [1.807, 2.05) is 0 Å². The number of ketones is 1. The molecule has 1 aromatic heterocycles. The van der Waals surface area contributed by atoms with Crippen molar-refractivity contribution in [2.75, 3.05) is 28.4 Å². The van der Waals surface area contributed by atoms with Crippen LogP contribution in [0, 0.1) is 0 Å². The first-order valence-corrected chi connectivity index (χ1v) is 12.1. The number of benzene rings is 3. The van der Waals surface area contributed by atoms with E-state index in [4.69, 9.17) is 23.4 Å². The SMILES string of the molecule is COc1cccc(C2C(C(=O)c3cc4cccc(OC)c4o3)=C(O)C(=O)N2Cc2ccc(OC)c(OC)c2)c1. The van der Waals surface area contributed by atoms with Crippen LogP contribution in [0.3, 0.4) is 0 Å². The average molecular weight is 530 g/mol. The van der Waals surface area contributed by atoms with Crippen molar-refractivity contribution in [3.63, 3.8) is 0 Å². The highest BCUT2D eigenvalue weighted by atomic mass is 16.5. The minimum absolute atomic E-state index is 0.0234. The van der Waals surface area contributed by atoms with Gasteiger partial charge in [0.15, 0.2) is 34.4 Å². The van der Waals surface area contributed by atoms with Gasteiger partial charge in [-0.15, -0.1) is 0 Å². The largest absolute Gasteiger partial charge is 0.503 e. The Bertz CT molecular complexity index is 1600. The number of hydrogen-bond donors (Lipinski definition) is 1. The fourth-order valence-corrected chi connectivity index (χ4v) is 4.82. The molecule has 4 aromatic rings. The third-order valence-electron chi connectivity index (χ3n) is 6.71. The van der Waals surface area contributed by atoms with Crippen molar-refractivity contribution in [3.05, 3.63) is 94.9 Å². The smallest absolute Gasteiger partial charge is 0.290 e. The van der Waals surface area contributed by atoms with Crippen molar-refractivity contribution in [1.82, 2.24) is 4.90 Å². The molecule has 1 amide bonds. The molecule has 0 fully saturated rings. The summed E-state index contributed by atoms with van der Waals surface area (Å²) in [6, 6.07) is 18.2. The van der Waals surface area contributed by atoms with Crippen molar-refractivity contribution < 1.29 is 38.1 Å². The number of aliphatic hydroxyl groups excluding tert-OH is 1. The normalized spacial score (nSPS) is 15.1. The van der Waals surface area contributed by atoms with Gasteiger partial charge in [-0.05, 0) is 47.5 Å². The molecule has 2 heterocycles. The summed E-state index contributed by atoms with van der Waals surface area (Å²) >= 11 is 0. The highest BCUT2D eigenvalue weighted by Gasteiger charge is 2.44. The van der Waals surface area contributed by atoms with Crippen LogP contribution in [0.4, 0.5) is 0 Å². The number of Topliss-reactive ketones (excluding diaryl/α,β-unsaturated/α-hetero) is 1. The molecule has 9 heteroatoms. The van der Waals surface area contributed by atoms with Crippen LogP contribution in [0.25, 0.3) is 11.0 Å². The topological polar surface area (TPSA) is 108 Å². The van der Waals surface area contributed by atoms with E-state index in [1.165, 1.54) is 33.3 Å². The first kappa shape index (κ1) is 25.7. The number of carbonyl (C=O) groups is 2. The van der Waals surface area contributed by atoms with Gasteiger partial charge in [-0.1, -0.05) is 30.3 Å². The van der Waals surface area contributed by atoms with Gasteiger partial charge in [0.1, 0.15) is 5.75 Å². The zero-order valence-electron chi connectivity index (χ0n) is 21.9. The van der Waals surface area contributed by atoms with Gasteiger partial charge < -0.3 is 33.4 Å². The molecule has 9 nitrogen and oxygen atoms in total. The van der Waals surface area contributed by atoms with E-state index in [2.05, 4.69) is 0 Å². The zero-order chi connectivity index (χ0) is 27.7. The Morgan fingerprint density at radius 3 is 2.33 bits per heavy atom. The summed E-state index contributed by atoms with van der Waals surface area (Å²) < 4.78 is 27.4. The first-order chi connectivity index (χ1) is 18.9. The summed E-state index contributed by atoms with van der Waals surface area (Å²) in [7, 11) is 6.09. The summed E-state index contributed by atoms with van der Waals surface area (Å²) in [4.78, 5) is 28.8. The predicted octanol–water partition coefficient (Wildman–Crippen LogP) is 5.25. The standard InChI is InChI=1S/C30H27NO8/c1-35-20-9-5-7-18(14-20)26-25(27(32)24-15-19-8-6-10-22(37-3)29(19)39-24)28(33)30(34)31(26)16-17-11-12-21(36-2)23(13-17)38-4/h5-15,26,33H,16H2,1-4H3. The maximum Gasteiger partial charge on any atom is 0.290 e. The van der Waals surface area contributed by atoms with Gasteiger partial charge in [0.25, 0.3) is 5.91 Å². The molecule has 200 valence electrons. The molecule has 5 rings (SSSR count). The van der Waals surface area contributed by atoms with Crippen LogP contribution < -0.4 is 18.9 Å². The third-order valence-corrected chi connectivity index (χ3v) is 6.71. The maximum atomic E-state index is 13.9. The number of rotatable bonds is 9. The van der Waals surface area contributed by atoms with Gasteiger partial charge >= 0.3 is 0 Å². The van der Waals surface area contributed by atoms with Gasteiger partial charge in [0.2, 0.25) is 5.78 Å². The van der Waals surface area contributed by atoms with Crippen molar-refractivity contribution in [2.45, 2.75) is 12.6 Å². The van der Waals surface area contributed by atoms with Gasteiger partial charge in [-0.2, -0.15) is 0 Å². The molecule has 0 aliphatic carbocycles. The molecular weight excluding hydrogens is 502 g/mol. The quantitative estimate of drug-likeness (QED) is 0.293. The molecule has 0 radical (unpaired) electrons. The van der Waals surface area contributed by atoms with Crippen LogP contribution in [0.15, 0.2) is 82.5 Å². The van der Waals surface area contributed by atoms with Crippen LogP contribution in [-0.2, 0) is 11.3 Å². The summed E-state index contributed by atoms with van der Waals surface area (Å²) in [6.45, 7) is 0.0792. The van der Waals surface area contributed by atoms with Gasteiger partial charge in [0, 0.05) is 11.9 Å². The Kier molecular flexibility index (Phi) is 6.89.